The van der Waals surface area contributed by atoms with Crippen LogP contribution in [0, 0.1) is 6.92 Å². The summed E-state index contributed by atoms with van der Waals surface area (Å²) in [5.41, 5.74) is 0.625. The highest BCUT2D eigenvalue weighted by Crippen LogP contribution is 2.40. The predicted molar refractivity (Wildman–Crippen MR) is 88.9 cm³/mol. The molecule has 0 unspecified atom stereocenters. The molecule has 1 atom stereocenters. The molecule has 1 aromatic heterocycles. The van der Waals surface area contributed by atoms with Gasteiger partial charge in [0.15, 0.2) is 0 Å². The Labute approximate surface area is 151 Å². The van der Waals surface area contributed by atoms with E-state index >= 15 is 0 Å². The lowest BCUT2D eigenvalue weighted by Crippen LogP contribution is -2.46. The van der Waals surface area contributed by atoms with Crippen LogP contribution in [-0.2, 0) is 6.61 Å². The Morgan fingerprint density at radius 3 is 2.38 bits per heavy atom. The topological polar surface area (TPSA) is 68.6 Å². The van der Waals surface area contributed by atoms with Crippen LogP contribution in [0.1, 0.15) is 29.3 Å². The number of halogens is 5. The number of hydrogen-bond acceptors (Lipinski definition) is 5. The summed E-state index contributed by atoms with van der Waals surface area (Å²) in [6, 6.07) is -1.02. The van der Waals surface area contributed by atoms with Crippen LogP contribution in [0.4, 0.5) is 13.2 Å². The minimum Gasteiger partial charge on any atom is -0.506 e. The van der Waals surface area contributed by atoms with E-state index in [0.717, 1.165) is 0 Å². The molecule has 1 aliphatic rings. The first-order valence-corrected chi connectivity index (χ1v) is 7.13. The van der Waals surface area contributed by atoms with Crippen molar-refractivity contribution in [3.63, 3.8) is 0 Å². The van der Waals surface area contributed by atoms with Crippen molar-refractivity contribution in [1.82, 2.24) is 15.2 Å². The zero-order valence-electron chi connectivity index (χ0n) is 13.1. The van der Waals surface area contributed by atoms with Crippen molar-refractivity contribution in [2.45, 2.75) is 32.2 Å². The van der Waals surface area contributed by atoms with Gasteiger partial charge in [-0.2, -0.15) is 13.2 Å². The van der Waals surface area contributed by atoms with E-state index in [2.05, 4.69) is 10.3 Å². The Kier molecular flexibility index (Phi) is 9.30. The van der Waals surface area contributed by atoms with E-state index in [1.807, 2.05) is 0 Å². The maximum atomic E-state index is 13.0. The molecule has 0 amide bonds. The lowest BCUT2D eigenvalue weighted by atomic mass is 9.95. The van der Waals surface area contributed by atoms with Gasteiger partial charge in [0.05, 0.1) is 18.7 Å². The highest BCUT2D eigenvalue weighted by atomic mass is 35.5. The first kappa shape index (κ1) is 23.2. The summed E-state index contributed by atoms with van der Waals surface area (Å²) in [7, 11) is 0. The van der Waals surface area contributed by atoms with Crippen LogP contribution < -0.4 is 5.32 Å². The van der Waals surface area contributed by atoms with Crippen molar-refractivity contribution in [3.8, 4) is 5.75 Å². The zero-order chi connectivity index (χ0) is 16.3. The number of aliphatic hydroxyl groups is 1. The average molecular weight is 392 g/mol. The van der Waals surface area contributed by atoms with Crippen LogP contribution in [0.15, 0.2) is 6.20 Å². The number of hydrogen-bond donors (Lipinski definition) is 3. The highest BCUT2D eigenvalue weighted by Gasteiger charge is 2.38. The summed E-state index contributed by atoms with van der Waals surface area (Å²) < 4.78 is 39.0. The normalized spacial score (nSPS) is 16.9. The molecule has 1 saturated heterocycles. The molecule has 0 aliphatic carbocycles. The van der Waals surface area contributed by atoms with E-state index in [4.69, 9.17) is 0 Å². The van der Waals surface area contributed by atoms with Crippen LogP contribution in [0.3, 0.4) is 0 Å². The van der Waals surface area contributed by atoms with Gasteiger partial charge in [-0.3, -0.25) is 9.88 Å². The van der Waals surface area contributed by atoms with Gasteiger partial charge < -0.3 is 15.5 Å². The summed E-state index contributed by atoms with van der Waals surface area (Å²) in [5, 5.41) is 22.7. The maximum Gasteiger partial charge on any atom is 0.390 e. The number of aromatic nitrogens is 1. The molecule has 0 spiro atoms. The van der Waals surface area contributed by atoms with E-state index in [1.165, 1.54) is 13.1 Å². The molecule has 24 heavy (non-hydrogen) atoms. The standard InChI is InChI=1S/C14H20F3N3O2.2ClH/c1-9-13(22)12(10(8-21)7-19-9)11(6-14(15,16)17)20-4-2-18-3-5-20;;/h7,11,18,21-22H,2-6,8H2,1H3;2*1H/t11-;;/m1../s1. The third kappa shape index (κ3) is 5.63. The number of alkyl halides is 3. The quantitative estimate of drug-likeness (QED) is 0.734. The summed E-state index contributed by atoms with van der Waals surface area (Å²) in [6.07, 6.45) is -4.11. The van der Waals surface area contributed by atoms with E-state index in [1.54, 1.807) is 4.90 Å². The van der Waals surface area contributed by atoms with Gasteiger partial charge in [0.2, 0.25) is 0 Å². The zero-order valence-corrected chi connectivity index (χ0v) is 14.8. The van der Waals surface area contributed by atoms with Gasteiger partial charge >= 0.3 is 6.18 Å². The van der Waals surface area contributed by atoms with Crippen molar-refractivity contribution >= 4 is 24.8 Å². The summed E-state index contributed by atoms with van der Waals surface area (Å²) in [6.45, 7) is 3.15. The van der Waals surface area contributed by atoms with Crippen molar-refractivity contribution < 1.29 is 23.4 Å². The number of piperazine rings is 1. The molecule has 0 radical (unpaired) electrons. The molecule has 3 N–H and O–H groups in total. The Balaban J connectivity index is 0.00000264. The molecule has 2 heterocycles. The summed E-state index contributed by atoms with van der Waals surface area (Å²) >= 11 is 0. The number of rotatable bonds is 4. The van der Waals surface area contributed by atoms with Gasteiger partial charge in [-0.15, -0.1) is 24.8 Å². The molecule has 140 valence electrons. The Morgan fingerprint density at radius 1 is 1.29 bits per heavy atom. The van der Waals surface area contributed by atoms with Gasteiger partial charge in [-0.1, -0.05) is 0 Å². The van der Waals surface area contributed by atoms with Crippen molar-refractivity contribution in [1.29, 1.82) is 0 Å². The largest absolute Gasteiger partial charge is 0.506 e. The lowest BCUT2D eigenvalue weighted by Gasteiger charge is -2.36. The third-order valence-electron chi connectivity index (χ3n) is 3.88. The van der Waals surface area contributed by atoms with Crippen molar-refractivity contribution in [2.75, 3.05) is 26.2 Å². The number of nitrogens with one attached hydrogen (secondary N) is 1. The first-order valence-electron chi connectivity index (χ1n) is 7.13. The molecular formula is C14H22Cl2F3N3O2. The monoisotopic (exact) mass is 391 g/mol. The number of nitrogens with zero attached hydrogens (tertiary/aromatic N) is 2. The van der Waals surface area contributed by atoms with Crippen LogP contribution in [-0.4, -0.2) is 52.5 Å². The summed E-state index contributed by atoms with van der Waals surface area (Å²) in [5.74, 6) is -0.265. The van der Waals surface area contributed by atoms with Crippen LogP contribution in [0.5, 0.6) is 5.75 Å². The number of pyridine rings is 1. The van der Waals surface area contributed by atoms with Gasteiger partial charge in [0, 0.05) is 49.5 Å². The van der Waals surface area contributed by atoms with Gasteiger partial charge in [0.1, 0.15) is 5.75 Å². The van der Waals surface area contributed by atoms with Crippen LogP contribution >= 0.6 is 24.8 Å². The minimum absolute atomic E-state index is 0. The Hall–Kier alpha value is -0.800. The molecule has 1 fully saturated rings. The SMILES string of the molecule is Cc1ncc(CO)c([C@@H](CC(F)(F)F)N2CCNCC2)c1O.Cl.Cl. The predicted octanol–water partition coefficient (Wildman–Crippen LogP) is 2.33. The smallest absolute Gasteiger partial charge is 0.390 e. The number of aromatic hydroxyl groups is 1. The molecule has 0 saturated carbocycles. The maximum absolute atomic E-state index is 13.0. The number of aryl methyl sites for hydroxylation is 1. The van der Waals surface area contributed by atoms with Crippen LogP contribution in [0.2, 0.25) is 0 Å². The second-order valence-electron chi connectivity index (χ2n) is 5.41. The Bertz CT molecular complexity index is 527. The fourth-order valence-corrected chi connectivity index (χ4v) is 2.78. The first-order chi connectivity index (χ1) is 10.3. The van der Waals surface area contributed by atoms with E-state index in [-0.39, 0.29) is 47.4 Å². The molecule has 0 aromatic carbocycles. The van der Waals surface area contributed by atoms with E-state index < -0.39 is 25.2 Å². The average Bonchev–Trinajstić information content (AvgIpc) is 2.48. The number of aliphatic hydroxyl groups excluding tert-OH is 1. The highest BCUT2D eigenvalue weighted by molar-refractivity contribution is 5.85. The molecule has 1 aliphatic heterocycles. The molecular weight excluding hydrogens is 370 g/mol. The molecule has 0 bridgehead atoms. The van der Waals surface area contributed by atoms with E-state index in [0.29, 0.717) is 26.2 Å². The fraction of sp³-hybridized carbons (Fsp3) is 0.643. The minimum atomic E-state index is -4.37. The second-order valence-corrected chi connectivity index (χ2v) is 5.41. The van der Waals surface area contributed by atoms with E-state index in [9.17, 15) is 23.4 Å². The fourth-order valence-electron chi connectivity index (χ4n) is 2.78. The molecule has 10 heteroatoms. The third-order valence-corrected chi connectivity index (χ3v) is 3.88. The van der Waals surface area contributed by atoms with Crippen molar-refractivity contribution in [2.24, 2.45) is 0 Å². The summed E-state index contributed by atoms with van der Waals surface area (Å²) in [4.78, 5) is 5.60. The molecule has 5 nitrogen and oxygen atoms in total. The second kappa shape index (κ2) is 9.62. The molecule has 1 aromatic rings. The Morgan fingerprint density at radius 2 is 1.88 bits per heavy atom. The van der Waals surface area contributed by atoms with Gasteiger partial charge in [-0.25, -0.2) is 0 Å². The van der Waals surface area contributed by atoms with Crippen molar-refractivity contribution in [3.05, 3.63) is 23.0 Å². The van der Waals surface area contributed by atoms with Crippen LogP contribution in [0.25, 0.3) is 0 Å². The molecule has 2 rings (SSSR count). The van der Waals surface area contributed by atoms with Gasteiger partial charge in [-0.05, 0) is 6.92 Å². The van der Waals surface area contributed by atoms with Gasteiger partial charge in [0.25, 0.3) is 0 Å². The lowest BCUT2D eigenvalue weighted by molar-refractivity contribution is -0.149.